The van der Waals surface area contributed by atoms with Crippen LogP contribution in [0, 0.1) is 10.8 Å². The molecule has 3 nitrogen and oxygen atoms in total. The molecule has 2 heterocycles. The number of ether oxygens (including phenoxy) is 2. The van der Waals surface area contributed by atoms with Gasteiger partial charge in [-0.2, -0.15) is 0 Å². The van der Waals surface area contributed by atoms with Crippen molar-refractivity contribution in [2.75, 3.05) is 37.9 Å². The third-order valence-electron chi connectivity index (χ3n) is 2.82. The predicted molar refractivity (Wildman–Crippen MR) is 55.7 cm³/mol. The summed E-state index contributed by atoms with van der Waals surface area (Å²) in [6.45, 7) is 7.37. The van der Waals surface area contributed by atoms with E-state index in [1.807, 2.05) is 0 Å². The Morgan fingerprint density at radius 3 is 1.57 bits per heavy atom. The van der Waals surface area contributed by atoms with Gasteiger partial charge in [0.1, 0.15) is 11.5 Å². The minimum atomic E-state index is -0.716. The molecule has 14 heavy (non-hydrogen) atoms. The number of rotatable bonds is 4. The van der Waals surface area contributed by atoms with Crippen LogP contribution in [-0.4, -0.2) is 42.5 Å². The molecule has 2 aliphatic heterocycles. The van der Waals surface area contributed by atoms with Gasteiger partial charge >= 0.3 is 0 Å². The molecule has 0 aromatic rings. The minimum Gasteiger partial charge on any atom is -0.616 e. The molecule has 2 saturated heterocycles. The van der Waals surface area contributed by atoms with Crippen LogP contribution in [0.2, 0.25) is 0 Å². The van der Waals surface area contributed by atoms with E-state index in [2.05, 4.69) is 13.8 Å². The highest BCUT2D eigenvalue weighted by atomic mass is 32.2. The first-order valence-electron chi connectivity index (χ1n) is 5.02. The molecule has 2 fully saturated rings. The Hall–Kier alpha value is 0.230. The van der Waals surface area contributed by atoms with Crippen molar-refractivity contribution in [1.82, 2.24) is 0 Å². The molecule has 0 spiro atoms. The summed E-state index contributed by atoms with van der Waals surface area (Å²) in [4.78, 5) is 0. The van der Waals surface area contributed by atoms with Gasteiger partial charge in [0.15, 0.2) is 0 Å². The first-order chi connectivity index (χ1) is 6.52. The molecule has 0 N–H and O–H groups in total. The third kappa shape index (κ3) is 2.24. The van der Waals surface area contributed by atoms with E-state index in [1.54, 1.807) is 0 Å². The van der Waals surface area contributed by atoms with E-state index in [9.17, 15) is 4.55 Å². The molecule has 4 heteroatoms. The molecule has 82 valence electrons. The smallest absolute Gasteiger partial charge is 0.115 e. The van der Waals surface area contributed by atoms with E-state index in [-0.39, 0.29) is 10.8 Å². The maximum Gasteiger partial charge on any atom is 0.115 e. The third-order valence-corrected chi connectivity index (χ3v) is 4.86. The van der Waals surface area contributed by atoms with Gasteiger partial charge in [0, 0.05) is 0 Å². The fourth-order valence-corrected chi connectivity index (χ4v) is 3.89. The van der Waals surface area contributed by atoms with Gasteiger partial charge in [-0.05, 0) is 0 Å². The van der Waals surface area contributed by atoms with Gasteiger partial charge in [-0.15, -0.1) is 0 Å². The van der Waals surface area contributed by atoms with Gasteiger partial charge < -0.3 is 14.0 Å². The molecule has 2 rings (SSSR count). The molecule has 2 aliphatic rings. The van der Waals surface area contributed by atoms with Crippen molar-refractivity contribution in [1.29, 1.82) is 0 Å². The van der Waals surface area contributed by atoms with Gasteiger partial charge in [-0.25, -0.2) is 0 Å². The van der Waals surface area contributed by atoms with Crippen molar-refractivity contribution in [3.8, 4) is 0 Å². The molecule has 0 aromatic carbocycles. The summed E-state index contributed by atoms with van der Waals surface area (Å²) in [6.07, 6.45) is 0. The lowest BCUT2D eigenvalue weighted by atomic mass is 9.91. The summed E-state index contributed by atoms with van der Waals surface area (Å²) in [5, 5.41) is 0. The van der Waals surface area contributed by atoms with Crippen LogP contribution < -0.4 is 0 Å². The van der Waals surface area contributed by atoms with E-state index in [0.29, 0.717) is 0 Å². The monoisotopic (exact) mass is 218 g/mol. The summed E-state index contributed by atoms with van der Waals surface area (Å²) in [6, 6.07) is 0. The average Bonchev–Trinajstić information content (AvgIpc) is 1.98. The van der Waals surface area contributed by atoms with Gasteiger partial charge in [0.05, 0.1) is 37.3 Å². The summed E-state index contributed by atoms with van der Waals surface area (Å²) in [5.74, 6) is 1.56. The highest BCUT2D eigenvalue weighted by Gasteiger charge is 2.42. The van der Waals surface area contributed by atoms with Crippen LogP contribution in [0.15, 0.2) is 0 Å². The van der Waals surface area contributed by atoms with E-state index < -0.39 is 11.2 Å². The van der Waals surface area contributed by atoms with Crippen molar-refractivity contribution >= 4 is 11.2 Å². The molecule has 0 atom stereocenters. The zero-order chi connectivity index (χ0) is 10.2. The van der Waals surface area contributed by atoms with Crippen LogP contribution in [0.5, 0.6) is 0 Å². The summed E-state index contributed by atoms with van der Waals surface area (Å²) < 4.78 is 22.2. The van der Waals surface area contributed by atoms with Crippen LogP contribution >= 0.6 is 0 Å². The second kappa shape index (κ2) is 3.67. The molecule has 0 aliphatic carbocycles. The molecular formula is C10H18O3S. The molecule has 0 saturated carbocycles. The van der Waals surface area contributed by atoms with Crippen molar-refractivity contribution in [3.05, 3.63) is 0 Å². The van der Waals surface area contributed by atoms with Crippen LogP contribution in [-0.2, 0) is 20.6 Å². The van der Waals surface area contributed by atoms with E-state index >= 15 is 0 Å². The summed E-state index contributed by atoms with van der Waals surface area (Å²) in [7, 11) is 0. The zero-order valence-electron chi connectivity index (χ0n) is 8.88. The average molecular weight is 218 g/mol. The Bertz CT molecular complexity index is 189. The lowest BCUT2D eigenvalue weighted by Crippen LogP contribution is -2.50. The van der Waals surface area contributed by atoms with Crippen LogP contribution in [0.25, 0.3) is 0 Å². The van der Waals surface area contributed by atoms with Crippen molar-refractivity contribution in [2.45, 2.75) is 13.8 Å². The Balaban J connectivity index is 1.75. The highest BCUT2D eigenvalue weighted by Crippen LogP contribution is 2.33. The lowest BCUT2D eigenvalue weighted by molar-refractivity contribution is -0.0912. The molecule has 0 amide bonds. The van der Waals surface area contributed by atoms with E-state index in [4.69, 9.17) is 9.47 Å². The Labute approximate surface area is 88.3 Å². The quantitative estimate of drug-likeness (QED) is 0.656. The second-order valence-electron chi connectivity index (χ2n) is 5.34. The molecular weight excluding hydrogens is 200 g/mol. The van der Waals surface area contributed by atoms with Crippen molar-refractivity contribution < 1.29 is 14.0 Å². The molecule has 0 aromatic heterocycles. The van der Waals surface area contributed by atoms with Crippen molar-refractivity contribution in [3.63, 3.8) is 0 Å². The van der Waals surface area contributed by atoms with E-state index in [1.165, 1.54) is 0 Å². The summed E-state index contributed by atoms with van der Waals surface area (Å²) >= 11 is -0.716. The largest absolute Gasteiger partial charge is 0.616 e. The van der Waals surface area contributed by atoms with Gasteiger partial charge in [0.2, 0.25) is 0 Å². The standard InChI is InChI=1S/C10H18O3S/c1-9(3-12-4-9)7-14(11)8-10(2)5-13-6-10/h3-8H2,1-2H3. The molecule has 0 bridgehead atoms. The SMILES string of the molecule is CC1(C[S+]([O-])CC2(C)COC2)COC1. The zero-order valence-corrected chi connectivity index (χ0v) is 9.69. The first-order valence-corrected chi connectivity index (χ1v) is 6.51. The fourth-order valence-electron chi connectivity index (χ4n) is 1.90. The Morgan fingerprint density at radius 2 is 1.36 bits per heavy atom. The van der Waals surface area contributed by atoms with Crippen LogP contribution in [0.1, 0.15) is 13.8 Å². The Morgan fingerprint density at radius 1 is 1.00 bits per heavy atom. The van der Waals surface area contributed by atoms with Gasteiger partial charge in [-0.1, -0.05) is 25.0 Å². The fraction of sp³-hybridized carbons (Fsp3) is 1.00. The van der Waals surface area contributed by atoms with E-state index in [0.717, 1.165) is 37.9 Å². The van der Waals surface area contributed by atoms with Gasteiger partial charge in [-0.3, -0.25) is 0 Å². The maximum atomic E-state index is 11.9. The summed E-state index contributed by atoms with van der Waals surface area (Å²) in [5.41, 5.74) is 0.345. The minimum absolute atomic E-state index is 0.172. The van der Waals surface area contributed by atoms with Crippen LogP contribution in [0.3, 0.4) is 0 Å². The van der Waals surface area contributed by atoms with Crippen molar-refractivity contribution in [2.24, 2.45) is 10.8 Å². The number of hydrogen-bond acceptors (Lipinski definition) is 3. The maximum absolute atomic E-state index is 11.9. The molecule has 0 radical (unpaired) electrons. The molecule has 0 unspecified atom stereocenters. The predicted octanol–water partition coefficient (Wildman–Crippen LogP) is 0.808. The highest BCUT2D eigenvalue weighted by molar-refractivity contribution is 7.91. The first kappa shape index (κ1) is 10.7. The van der Waals surface area contributed by atoms with Gasteiger partial charge in [0.25, 0.3) is 0 Å². The number of hydrogen-bond donors (Lipinski definition) is 0. The Kier molecular flexibility index (Phi) is 2.81. The second-order valence-corrected chi connectivity index (χ2v) is 6.79. The van der Waals surface area contributed by atoms with Crippen LogP contribution in [0.4, 0.5) is 0 Å². The topological polar surface area (TPSA) is 41.5 Å². The normalized spacial score (nSPS) is 28.3. The lowest BCUT2D eigenvalue weighted by Gasteiger charge is -2.41.